The molecule has 0 fully saturated rings. The summed E-state index contributed by atoms with van der Waals surface area (Å²) in [4.78, 5) is 30.8. The summed E-state index contributed by atoms with van der Waals surface area (Å²) in [6.45, 7) is 5.46. The number of hydrogen-bond donors (Lipinski definition) is 2. The third-order valence-corrected chi connectivity index (χ3v) is 5.74. The van der Waals surface area contributed by atoms with Crippen LogP contribution in [0.3, 0.4) is 0 Å². The molecule has 8 heteroatoms. The fraction of sp³-hybridized carbons (Fsp3) is 0.400. The maximum atomic E-state index is 12.4. The number of halogens is 1. The number of hydrogen-bond acceptors (Lipinski definition) is 4. The van der Waals surface area contributed by atoms with Crippen molar-refractivity contribution >= 4 is 41.8 Å². The Morgan fingerprint density at radius 3 is 2.55 bits per heavy atom. The van der Waals surface area contributed by atoms with Gasteiger partial charge in [-0.25, -0.2) is 0 Å². The van der Waals surface area contributed by atoms with Gasteiger partial charge in [-0.2, -0.15) is 0 Å². The molecule has 176 valence electrons. The smallest absolute Gasteiger partial charge is 0.261 e. The van der Waals surface area contributed by atoms with Gasteiger partial charge in [0.1, 0.15) is 5.75 Å². The largest absolute Gasteiger partial charge is 0.493 e. The lowest BCUT2D eigenvalue weighted by molar-refractivity contribution is 0.0652. The predicted molar refractivity (Wildman–Crippen MR) is 140 cm³/mol. The Morgan fingerprint density at radius 2 is 1.82 bits per heavy atom. The van der Waals surface area contributed by atoms with Crippen molar-refractivity contribution in [2.45, 2.75) is 32.6 Å². The molecular formula is C25H31IN4O3. The molecule has 0 atom stereocenters. The number of guanidine groups is 1. The summed E-state index contributed by atoms with van der Waals surface area (Å²) in [5.74, 6) is 1.42. The van der Waals surface area contributed by atoms with E-state index in [1.54, 1.807) is 24.3 Å². The minimum absolute atomic E-state index is 0. The van der Waals surface area contributed by atoms with Gasteiger partial charge < -0.3 is 15.4 Å². The molecule has 2 heterocycles. The van der Waals surface area contributed by atoms with E-state index in [-0.39, 0.29) is 35.8 Å². The third-order valence-electron chi connectivity index (χ3n) is 5.74. The van der Waals surface area contributed by atoms with Crippen LogP contribution in [0.25, 0.3) is 0 Å². The summed E-state index contributed by atoms with van der Waals surface area (Å²) in [5, 5.41) is 6.65. The van der Waals surface area contributed by atoms with Gasteiger partial charge in [0.25, 0.3) is 11.8 Å². The number of carbonyl (C=O) groups excluding carboxylic acids is 2. The van der Waals surface area contributed by atoms with Gasteiger partial charge in [-0.1, -0.05) is 24.3 Å². The lowest BCUT2D eigenvalue weighted by Crippen LogP contribution is -2.38. The number of aliphatic imine (C=N–C) groups is 1. The number of benzene rings is 2. The molecule has 0 radical (unpaired) electrons. The van der Waals surface area contributed by atoms with Crippen molar-refractivity contribution in [3.05, 3.63) is 64.7 Å². The number of fused-ring (bicyclic) bond motifs is 2. The van der Waals surface area contributed by atoms with Crippen LogP contribution in [0.2, 0.25) is 0 Å². The molecule has 0 unspecified atom stereocenters. The summed E-state index contributed by atoms with van der Waals surface area (Å²) in [6, 6.07) is 13.4. The number of nitrogens with zero attached hydrogens (tertiary/aromatic N) is 2. The Bertz CT molecular complexity index is 989. The number of nitrogens with one attached hydrogen (secondary N) is 2. The zero-order chi connectivity index (χ0) is 22.3. The highest BCUT2D eigenvalue weighted by molar-refractivity contribution is 14.0. The molecule has 2 aliphatic heterocycles. The van der Waals surface area contributed by atoms with Gasteiger partial charge in [-0.15, -0.1) is 24.0 Å². The first kappa shape index (κ1) is 25.0. The molecule has 7 nitrogen and oxygen atoms in total. The fourth-order valence-corrected chi connectivity index (χ4v) is 4.08. The van der Waals surface area contributed by atoms with Crippen molar-refractivity contribution in [1.82, 2.24) is 15.5 Å². The van der Waals surface area contributed by atoms with Crippen molar-refractivity contribution in [1.29, 1.82) is 0 Å². The van der Waals surface area contributed by atoms with E-state index in [4.69, 9.17) is 4.74 Å². The van der Waals surface area contributed by atoms with Gasteiger partial charge in [0.15, 0.2) is 5.96 Å². The second kappa shape index (κ2) is 12.0. The standard InChI is InChI=1S/C25H30N4O3.HI/c1-2-26-25(28-14-11-18-9-10-22-19(17-18)12-16-32-22)27-13-5-6-15-29-23(30)20-7-3-4-8-21(20)24(29)31;/h3-4,7-10,17H,2,5-6,11-16H2,1H3,(H2,26,27,28);1H. The molecule has 0 saturated heterocycles. The van der Waals surface area contributed by atoms with E-state index < -0.39 is 0 Å². The van der Waals surface area contributed by atoms with Crippen LogP contribution >= 0.6 is 24.0 Å². The van der Waals surface area contributed by atoms with Gasteiger partial charge in [0.2, 0.25) is 0 Å². The highest BCUT2D eigenvalue weighted by Crippen LogP contribution is 2.26. The number of amides is 2. The Balaban J connectivity index is 0.00000306. The van der Waals surface area contributed by atoms with E-state index in [9.17, 15) is 9.59 Å². The number of carbonyl (C=O) groups is 2. The van der Waals surface area contributed by atoms with Crippen molar-refractivity contribution in [2.24, 2.45) is 4.99 Å². The highest BCUT2D eigenvalue weighted by Gasteiger charge is 2.34. The lowest BCUT2D eigenvalue weighted by atomic mass is 10.1. The molecule has 2 aliphatic rings. The second-order valence-electron chi connectivity index (χ2n) is 7.99. The maximum absolute atomic E-state index is 12.4. The Kier molecular flexibility index (Phi) is 9.11. The van der Waals surface area contributed by atoms with Crippen LogP contribution in [0.5, 0.6) is 5.75 Å². The number of unbranched alkanes of at least 4 members (excludes halogenated alkanes) is 1. The summed E-state index contributed by atoms with van der Waals surface area (Å²) in [5.41, 5.74) is 3.59. The topological polar surface area (TPSA) is 83.0 Å². The number of imide groups is 1. The van der Waals surface area contributed by atoms with Crippen LogP contribution < -0.4 is 15.4 Å². The van der Waals surface area contributed by atoms with Crippen LogP contribution in [0.15, 0.2) is 47.5 Å². The first-order chi connectivity index (χ1) is 15.7. The highest BCUT2D eigenvalue weighted by atomic mass is 127. The minimum atomic E-state index is -0.192. The van der Waals surface area contributed by atoms with E-state index in [2.05, 4.69) is 33.8 Å². The molecule has 2 amide bonds. The molecule has 0 bridgehead atoms. The van der Waals surface area contributed by atoms with Gasteiger partial charge in [0, 0.05) is 32.6 Å². The third kappa shape index (κ3) is 6.04. The van der Waals surface area contributed by atoms with E-state index in [0.29, 0.717) is 24.2 Å². The lowest BCUT2D eigenvalue weighted by Gasteiger charge is -2.14. The molecule has 0 aromatic heterocycles. The van der Waals surface area contributed by atoms with Crippen molar-refractivity contribution < 1.29 is 14.3 Å². The quantitative estimate of drug-likeness (QED) is 0.161. The molecule has 4 rings (SSSR count). The Hall–Kier alpha value is -2.62. The van der Waals surface area contributed by atoms with Crippen LogP contribution in [0.1, 0.15) is 51.6 Å². The van der Waals surface area contributed by atoms with E-state index >= 15 is 0 Å². The van der Waals surface area contributed by atoms with Gasteiger partial charge in [0.05, 0.1) is 17.7 Å². The molecule has 2 aromatic rings. The van der Waals surface area contributed by atoms with Crippen molar-refractivity contribution in [3.63, 3.8) is 0 Å². The molecular weight excluding hydrogens is 531 g/mol. The summed E-state index contributed by atoms with van der Waals surface area (Å²) >= 11 is 0. The first-order valence-corrected chi connectivity index (χ1v) is 11.4. The molecule has 2 aromatic carbocycles. The van der Waals surface area contributed by atoms with E-state index in [0.717, 1.165) is 57.1 Å². The second-order valence-corrected chi connectivity index (χ2v) is 7.99. The fourth-order valence-electron chi connectivity index (χ4n) is 4.08. The maximum Gasteiger partial charge on any atom is 0.261 e. The molecule has 2 N–H and O–H groups in total. The predicted octanol–water partition coefficient (Wildman–Crippen LogP) is 3.41. The number of rotatable bonds is 9. The number of ether oxygens (including phenoxy) is 1. The summed E-state index contributed by atoms with van der Waals surface area (Å²) in [7, 11) is 0. The van der Waals surface area contributed by atoms with Crippen LogP contribution in [0, 0.1) is 0 Å². The average Bonchev–Trinajstić information content (AvgIpc) is 3.37. The van der Waals surface area contributed by atoms with Crippen LogP contribution in [-0.4, -0.2) is 55.5 Å². The summed E-state index contributed by atoms with van der Waals surface area (Å²) in [6.07, 6.45) is 3.43. The average molecular weight is 562 g/mol. The van der Waals surface area contributed by atoms with Crippen LogP contribution in [-0.2, 0) is 12.8 Å². The molecule has 0 saturated carbocycles. The molecule has 0 aliphatic carbocycles. The Morgan fingerprint density at radius 1 is 1.06 bits per heavy atom. The van der Waals surface area contributed by atoms with E-state index in [1.165, 1.54) is 16.0 Å². The first-order valence-electron chi connectivity index (χ1n) is 11.4. The van der Waals surface area contributed by atoms with Crippen LogP contribution in [0.4, 0.5) is 0 Å². The zero-order valence-electron chi connectivity index (χ0n) is 18.9. The van der Waals surface area contributed by atoms with Gasteiger partial charge in [-0.3, -0.25) is 19.5 Å². The van der Waals surface area contributed by atoms with Gasteiger partial charge >= 0.3 is 0 Å². The Labute approximate surface area is 212 Å². The normalized spacial score (nSPS) is 14.5. The molecule has 0 spiro atoms. The molecule has 33 heavy (non-hydrogen) atoms. The van der Waals surface area contributed by atoms with E-state index in [1.807, 2.05) is 6.92 Å². The minimum Gasteiger partial charge on any atom is -0.493 e. The summed E-state index contributed by atoms with van der Waals surface area (Å²) < 4.78 is 5.57. The monoisotopic (exact) mass is 562 g/mol. The van der Waals surface area contributed by atoms with Crippen molar-refractivity contribution in [2.75, 3.05) is 32.8 Å². The van der Waals surface area contributed by atoms with Gasteiger partial charge in [-0.05, 0) is 55.5 Å². The SMILES string of the molecule is CCNC(=NCCCCN1C(=O)c2ccccc2C1=O)NCCc1ccc2c(c1)CCO2.I. The van der Waals surface area contributed by atoms with Crippen molar-refractivity contribution in [3.8, 4) is 5.75 Å². The zero-order valence-corrected chi connectivity index (χ0v) is 21.3.